The smallest absolute Gasteiger partial charge is 0.329 e. The number of amides is 13. The summed E-state index contributed by atoms with van der Waals surface area (Å²) in [6.45, 7) is 5.53. The molecule has 2 aromatic rings. The number of aliphatic hydroxyl groups excluding tert-OH is 1. The summed E-state index contributed by atoms with van der Waals surface area (Å²) in [6, 6.07) is -14.3. The molecule has 21 N–H and O–H groups in total. The zero-order chi connectivity index (χ0) is 83.4. The Labute approximate surface area is 638 Å². The third-order valence-electron chi connectivity index (χ3n) is 18.1. The average molecular weight is 1570 g/mol. The van der Waals surface area contributed by atoms with Crippen LogP contribution in [-0.4, -0.2) is 259 Å². The summed E-state index contributed by atoms with van der Waals surface area (Å²) >= 11 is 0. The Balaban J connectivity index is 2.22. The molecule has 1 aliphatic heterocycles. The minimum atomic E-state index is -2.30. The molecule has 0 radical (unpaired) electrons. The monoisotopic (exact) mass is 1570 g/mol. The van der Waals surface area contributed by atoms with Crippen LogP contribution in [0.1, 0.15) is 156 Å². The number of para-hydroxylation sites is 1. The molecule has 0 aliphatic carbocycles. The number of aromatic nitrogens is 1. The summed E-state index contributed by atoms with van der Waals surface area (Å²) in [5, 5.41) is 86.7. The predicted molar refractivity (Wildman–Crippen MR) is 388 cm³/mol. The fraction of sp³-hybridized carbons (Fsp3) is 0.614. The molecule has 14 atom stereocenters. The average Bonchev–Trinajstić information content (AvgIpc) is 1.76. The first-order valence-corrected chi connectivity index (χ1v) is 36.3. The van der Waals surface area contributed by atoms with Crippen molar-refractivity contribution in [3.63, 3.8) is 0 Å². The Hall–Kier alpha value is -11.4. The van der Waals surface area contributed by atoms with Gasteiger partial charge in [-0.2, -0.15) is 0 Å². The van der Waals surface area contributed by atoms with Crippen molar-refractivity contribution in [1.82, 2.24) is 73.7 Å². The first kappa shape index (κ1) is 93.8. The molecule has 13 amide bonds. The summed E-state index contributed by atoms with van der Waals surface area (Å²) in [6.07, 6.45) is -2.88. The van der Waals surface area contributed by atoms with Crippen LogP contribution in [0, 0.1) is 11.8 Å². The zero-order valence-electron chi connectivity index (χ0n) is 62.9. The third kappa shape index (κ3) is 33.2. The highest BCUT2D eigenvalue weighted by molar-refractivity contribution is 6.01. The summed E-state index contributed by atoms with van der Waals surface area (Å²) < 4.78 is 5.77. The molecule has 0 saturated carbocycles. The molecule has 14 unspecified atom stereocenters. The van der Waals surface area contributed by atoms with Crippen LogP contribution in [0.25, 0.3) is 10.9 Å². The van der Waals surface area contributed by atoms with Gasteiger partial charge in [0.15, 0.2) is 0 Å². The van der Waals surface area contributed by atoms with Gasteiger partial charge in [-0.1, -0.05) is 84.4 Å². The van der Waals surface area contributed by atoms with Crippen molar-refractivity contribution in [2.75, 3.05) is 33.3 Å². The number of carboxylic acids is 5. The molecule has 0 bridgehead atoms. The number of likely N-dealkylation sites (N-methyl/N-ethyl adjacent to an activating group) is 1. The van der Waals surface area contributed by atoms with Crippen LogP contribution in [0.2, 0.25) is 0 Å². The van der Waals surface area contributed by atoms with Crippen LogP contribution >= 0.6 is 0 Å². The molecule has 1 saturated heterocycles. The van der Waals surface area contributed by atoms with Gasteiger partial charge in [0.2, 0.25) is 76.8 Å². The van der Waals surface area contributed by atoms with Gasteiger partial charge in [0.1, 0.15) is 72.6 Å². The number of rotatable bonds is 35. The van der Waals surface area contributed by atoms with E-state index in [2.05, 4.69) is 66.7 Å². The first-order chi connectivity index (χ1) is 52.3. The van der Waals surface area contributed by atoms with E-state index in [1.807, 2.05) is 16.0 Å². The van der Waals surface area contributed by atoms with Crippen LogP contribution in [-0.2, 0) is 102 Å². The number of esters is 1. The van der Waals surface area contributed by atoms with Gasteiger partial charge in [-0.3, -0.25) is 86.3 Å². The number of ether oxygens (including phenoxy) is 1. The predicted octanol–water partition coefficient (Wildman–Crippen LogP) is -4.10. The lowest BCUT2D eigenvalue weighted by Gasteiger charge is -2.32. The van der Waals surface area contributed by atoms with E-state index in [9.17, 15) is 122 Å². The fourth-order valence-electron chi connectivity index (χ4n) is 11.3. The van der Waals surface area contributed by atoms with Crippen molar-refractivity contribution < 1.29 is 126 Å². The van der Waals surface area contributed by atoms with E-state index >= 15 is 0 Å². The Morgan fingerprint density at radius 2 is 1.14 bits per heavy atom. The molecule has 1 aliphatic rings. The number of aliphatic hydroxyl groups is 1. The van der Waals surface area contributed by atoms with Crippen molar-refractivity contribution in [2.45, 2.75) is 230 Å². The molecule has 41 nitrogen and oxygen atoms in total. The molecular formula is C70H105N15O26. The van der Waals surface area contributed by atoms with Crippen molar-refractivity contribution >= 4 is 124 Å². The number of aliphatic carboxylic acids is 5. The molecule has 1 aromatic carbocycles. The molecule has 111 heavy (non-hydrogen) atoms. The van der Waals surface area contributed by atoms with E-state index in [0.29, 0.717) is 40.1 Å². The maximum atomic E-state index is 15.0. The van der Waals surface area contributed by atoms with E-state index in [0.717, 1.165) is 46.6 Å². The number of nitrogens with two attached hydrogens (primary N) is 1. The number of nitrogens with one attached hydrogen (secondary N) is 13. The Kier molecular flexibility index (Phi) is 40.2. The van der Waals surface area contributed by atoms with E-state index in [-0.39, 0.29) is 38.6 Å². The first-order valence-electron chi connectivity index (χ1n) is 36.3. The molecule has 41 heteroatoms. The van der Waals surface area contributed by atoms with E-state index in [4.69, 9.17) is 10.5 Å². The number of cyclic esters (lactones) is 1. The van der Waals surface area contributed by atoms with Crippen molar-refractivity contribution in [3.05, 3.63) is 36.0 Å². The second kappa shape index (κ2) is 47.5. The van der Waals surface area contributed by atoms with Crippen molar-refractivity contribution in [2.24, 2.45) is 17.6 Å². The normalized spacial score (nSPS) is 22.0. The quantitative estimate of drug-likeness (QED) is 0.0230. The number of H-pyrrole nitrogens is 1. The van der Waals surface area contributed by atoms with Crippen LogP contribution in [0.3, 0.4) is 0 Å². The van der Waals surface area contributed by atoms with Gasteiger partial charge in [0.05, 0.1) is 39.0 Å². The summed E-state index contributed by atoms with van der Waals surface area (Å²) in [5.74, 6) is -26.4. The maximum absolute atomic E-state index is 15.0. The van der Waals surface area contributed by atoms with Gasteiger partial charge in [-0.25, -0.2) is 4.79 Å². The van der Waals surface area contributed by atoms with Gasteiger partial charge in [0, 0.05) is 49.8 Å². The van der Waals surface area contributed by atoms with Gasteiger partial charge in [-0.15, -0.1) is 0 Å². The molecule has 616 valence electrons. The minimum Gasteiger partial charge on any atom is -0.481 e. The number of carbonyl (C=O) groups is 19. The highest BCUT2D eigenvalue weighted by atomic mass is 16.5. The summed E-state index contributed by atoms with van der Waals surface area (Å²) in [5.41, 5.74) is 6.94. The van der Waals surface area contributed by atoms with E-state index < -0.39 is 256 Å². The number of hydrogen-bond donors (Lipinski definition) is 20. The molecule has 1 aromatic heterocycles. The lowest BCUT2D eigenvalue weighted by atomic mass is 9.98. The van der Waals surface area contributed by atoms with Gasteiger partial charge < -0.3 is 115 Å². The fourth-order valence-corrected chi connectivity index (χ4v) is 11.3. The number of unbranched alkanes of at least 4 members (excludes halogenated alkanes) is 3. The third-order valence-corrected chi connectivity index (χ3v) is 18.1. The second-order valence-electron chi connectivity index (χ2n) is 27.1. The number of hydrogen-bond acceptors (Lipinski definition) is 22. The molecule has 2 heterocycles. The van der Waals surface area contributed by atoms with E-state index in [1.165, 1.54) is 13.8 Å². The highest BCUT2D eigenvalue weighted by Gasteiger charge is 2.41. The van der Waals surface area contributed by atoms with Gasteiger partial charge in [-0.05, 0) is 76.0 Å². The van der Waals surface area contributed by atoms with Crippen LogP contribution in [0.5, 0.6) is 0 Å². The number of aromatic amines is 1. The maximum Gasteiger partial charge on any atom is 0.329 e. The number of carboxylic acid groups (broad SMARTS) is 5. The van der Waals surface area contributed by atoms with Crippen molar-refractivity contribution in [3.8, 4) is 0 Å². The lowest BCUT2D eigenvalue weighted by molar-refractivity contribution is -0.159. The largest absolute Gasteiger partial charge is 0.481 e. The molecule has 3 rings (SSSR count). The Morgan fingerprint density at radius 1 is 0.577 bits per heavy atom. The Bertz CT molecular complexity index is 3650. The second-order valence-corrected chi connectivity index (χ2v) is 27.1. The highest BCUT2D eigenvalue weighted by Crippen LogP contribution is 2.21. The van der Waals surface area contributed by atoms with Gasteiger partial charge >= 0.3 is 35.8 Å². The minimum absolute atomic E-state index is 0.00214. The topological polar surface area (TPSA) is 644 Å². The van der Waals surface area contributed by atoms with Crippen molar-refractivity contribution in [1.29, 1.82) is 0 Å². The van der Waals surface area contributed by atoms with E-state index in [1.54, 1.807) is 30.5 Å². The summed E-state index contributed by atoms with van der Waals surface area (Å²) in [4.78, 5) is 261. The lowest BCUT2D eigenvalue weighted by Crippen LogP contribution is -2.61. The number of nitrogens with zero attached hydrogens (tertiary/aromatic N) is 1. The number of fused-ring (bicyclic) bond motifs is 1. The van der Waals surface area contributed by atoms with Crippen LogP contribution < -0.4 is 69.5 Å². The zero-order valence-corrected chi connectivity index (χ0v) is 62.9. The van der Waals surface area contributed by atoms with Crippen LogP contribution in [0.15, 0.2) is 30.5 Å². The molecule has 0 spiro atoms. The number of benzene rings is 1. The SMILES string of the molecule is CCC(C)CCCCCCC(=O)NC(Cc1c[nH]c2ccccc12)C(=O)NC(CCC(=O)O)C(=O)NC(CC(=O)O)C(=O)NC1C(=O)N(C)CC(=O)NC(CCCN)C(=O)NC(CC(=O)O)C(=O)NC(C)C(=O)NC(CC(=O)O)C(=O)NCC(=O)NC(CO)C(=O)NC(CCC(=O)O)C(=O)NC(C(C)CC)C(=O)OC1C. The van der Waals surface area contributed by atoms with Crippen LogP contribution in [0.4, 0.5) is 0 Å². The van der Waals surface area contributed by atoms with Gasteiger partial charge in [0.25, 0.3) is 0 Å². The standard InChI is InChI=1S/C70H105N15O26/c1-8-35(3)17-12-10-11-13-21-50(87)76-45(27-39-31-72-41-19-15-14-18-40(39)41)66(106)78-43(22-24-53(90)91)63(103)82-48(30-57(98)99)67(107)84-59-38(6)111-70(110)58(36(4)9-2)83-64(104)44(23-25-54(92)93)79-68(108)49(34-86)77-51(88)32-73-61(101)46(28-55(94)95)80-60(100)37(5)74-65(105)47(29-56(96)97)81-62(102)42(20-16-26-71)75-52(89)33-85(7)69(59)109/h14-15,18-19,31,35-38,42-49,58-59,72,86H,8-13,16-17,20-30,32-34,71H2,1-7H3,(H,73,101)(H,74,105)(H,75,89)(H,76,87)(H,77,88)(H,78,106)(H,79,108)(H,80,100)(H,81,102)(H,82,103)(H,83,104)(H,84,107)(H,90,91)(H,92,93)(H,94,95)(H,96,97)(H,98,99). The summed E-state index contributed by atoms with van der Waals surface area (Å²) in [7, 11) is 0.937. The number of carbonyl (C=O) groups excluding carboxylic acids is 14. The molecule has 1 fully saturated rings. The molecular weight excluding hydrogens is 1470 g/mol. The Morgan fingerprint density at radius 3 is 1.76 bits per heavy atom.